The Hall–Kier alpha value is -2.41. The molecule has 6 nitrogen and oxygen atoms in total. The Morgan fingerprint density at radius 3 is 2.48 bits per heavy atom. The van der Waals surface area contributed by atoms with Crippen molar-refractivity contribution < 1.29 is 14.3 Å². The maximum Gasteiger partial charge on any atom is 0.250 e. The highest BCUT2D eigenvalue weighted by Crippen LogP contribution is 2.12. The lowest BCUT2D eigenvalue weighted by Crippen LogP contribution is -2.48. The molecular weight excluding hydrogens is 314 g/mol. The summed E-state index contributed by atoms with van der Waals surface area (Å²) in [5.74, 6) is 0.206. The number of benzene rings is 1. The molecular formula is C16H21N3O3S. The topological polar surface area (TPSA) is 79.5 Å². The second kappa shape index (κ2) is 10.3. The number of hydrogen-bond donors (Lipinski definition) is 3. The standard InChI is InChI=1S/C16H21N3O3S/c1-3-5-15(21)18-19-16(23)17-14(20)11-8-12-6-9-13(10-7-12)22-4-2/h6-11H,3-5H2,1-2H3,(H,18,21)(H2,17,19,20,23)/b11-8+. The van der Waals surface area contributed by atoms with Crippen molar-refractivity contribution in [3.8, 4) is 5.75 Å². The first-order valence-corrected chi connectivity index (χ1v) is 7.76. The van der Waals surface area contributed by atoms with Crippen molar-refractivity contribution in [2.24, 2.45) is 0 Å². The largest absolute Gasteiger partial charge is 0.494 e. The lowest BCUT2D eigenvalue weighted by molar-refractivity contribution is -0.122. The zero-order valence-corrected chi connectivity index (χ0v) is 14.0. The number of hydrogen-bond acceptors (Lipinski definition) is 4. The molecule has 0 aliphatic heterocycles. The molecule has 0 bridgehead atoms. The van der Waals surface area contributed by atoms with E-state index in [1.54, 1.807) is 6.08 Å². The fourth-order valence-electron chi connectivity index (χ4n) is 1.61. The molecule has 23 heavy (non-hydrogen) atoms. The monoisotopic (exact) mass is 335 g/mol. The number of thiocarbonyl (C=S) groups is 1. The Balaban J connectivity index is 2.40. The van der Waals surface area contributed by atoms with Crippen molar-refractivity contribution >= 4 is 35.2 Å². The van der Waals surface area contributed by atoms with Crippen molar-refractivity contribution in [3.63, 3.8) is 0 Å². The molecule has 0 aliphatic carbocycles. The van der Waals surface area contributed by atoms with Crippen LogP contribution in [0.4, 0.5) is 0 Å². The lowest BCUT2D eigenvalue weighted by atomic mass is 10.2. The van der Waals surface area contributed by atoms with E-state index in [1.807, 2.05) is 38.1 Å². The maximum absolute atomic E-state index is 11.7. The van der Waals surface area contributed by atoms with Crippen LogP contribution < -0.4 is 20.9 Å². The van der Waals surface area contributed by atoms with E-state index < -0.39 is 0 Å². The van der Waals surface area contributed by atoms with Crippen LogP contribution in [0.15, 0.2) is 30.3 Å². The molecule has 3 N–H and O–H groups in total. The molecule has 0 fully saturated rings. The number of amides is 2. The minimum Gasteiger partial charge on any atom is -0.494 e. The number of carbonyl (C=O) groups is 2. The first-order chi connectivity index (χ1) is 11.0. The van der Waals surface area contributed by atoms with Gasteiger partial charge in [0, 0.05) is 12.5 Å². The van der Waals surface area contributed by atoms with Crippen LogP contribution in [0.2, 0.25) is 0 Å². The Morgan fingerprint density at radius 1 is 1.17 bits per heavy atom. The summed E-state index contributed by atoms with van der Waals surface area (Å²) in [6.45, 7) is 4.42. The average Bonchev–Trinajstić information content (AvgIpc) is 2.53. The fourth-order valence-corrected chi connectivity index (χ4v) is 1.77. The van der Waals surface area contributed by atoms with E-state index in [0.717, 1.165) is 17.7 Å². The lowest BCUT2D eigenvalue weighted by Gasteiger charge is -2.08. The smallest absolute Gasteiger partial charge is 0.250 e. The summed E-state index contributed by atoms with van der Waals surface area (Å²) in [5, 5.41) is 2.47. The van der Waals surface area contributed by atoms with Crippen LogP contribution in [-0.2, 0) is 9.59 Å². The highest BCUT2D eigenvalue weighted by molar-refractivity contribution is 7.80. The van der Waals surface area contributed by atoms with E-state index in [9.17, 15) is 9.59 Å². The van der Waals surface area contributed by atoms with Gasteiger partial charge in [-0.1, -0.05) is 19.1 Å². The Morgan fingerprint density at radius 2 is 1.87 bits per heavy atom. The van der Waals surface area contributed by atoms with Crippen LogP contribution >= 0.6 is 12.2 Å². The van der Waals surface area contributed by atoms with E-state index in [0.29, 0.717) is 13.0 Å². The van der Waals surface area contributed by atoms with Crippen LogP contribution in [0.25, 0.3) is 6.08 Å². The predicted molar refractivity (Wildman–Crippen MR) is 93.6 cm³/mol. The van der Waals surface area contributed by atoms with Gasteiger partial charge in [0.25, 0.3) is 0 Å². The summed E-state index contributed by atoms with van der Waals surface area (Å²) in [6.07, 6.45) is 4.14. The summed E-state index contributed by atoms with van der Waals surface area (Å²) in [4.78, 5) is 23.0. The summed E-state index contributed by atoms with van der Waals surface area (Å²) < 4.78 is 5.34. The molecule has 0 aliphatic rings. The maximum atomic E-state index is 11.7. The van der Waals surface area contributed by atoms with E-state index in [-0.39, 0.29) is 16.9 Å². The first kappa shape index (κ1) is 18.6. The van der Waals surface area contributed by atoms with Gasteiger partial charge in [-0.25, -0.2) is 0 Å². The number of rotatable bonds is 6. The van der Waals surface area contributed by atoms with E-state index in [1.165, 1.54) is 6.08 Å². The molecule has 0 saturated heterocycles. The molecule has 124 valence electrons. The van der Waals surface area contributed by atoms with Gasteiger partial charge in [-0.05, 0) is 49.3 Å². The summed E-state index contributed by atoms with van der Waals surface area (Å²) in [7, 11) is 0. The molecule has 0 heterocycles. The predicted octanol–water partition coefficient (Wildman–Crippen LogP) is 1.92. The van der Waals surface area contributed by atoms with Crippen molar-refractivity contribution in [2.75, 3.05) is 6.61 Å². The van der Waals surface area contributed by atoms with Crippen molar-refractivity contribution in [2.45, 2.75) is 26.7 Å². The second-order valence-corrected chi connectivity index (χ2v) is 4.99. The number of hydrazine groups is 1. The van der Waals surface area contributed by atoms with Crippen LogP contribution in [0.3, 0.4) is 0 Å². The minimum absolute atomic E-state index is 0.0378. The summed E-state index contributed by atoms with van der Waals surface area (Å²) >= 11 is 4.90. The quantitative estimate of drug-likeness (QED) is 0.420. The fraction of sp³-hybridized carbons (Fsp3) is 0.312. The molecule has 0 saturated carbocycles. The molecule has 0 spiro atoms. The third kappa shape index (κ3) is 7.96. The third-order valence-corrected chi connectivity index (χ3v) is 2.85. The SMILES string of the molecule is CCCC(=O)NNC(=S)NC(=O)/C=C/c1ccc(OCC)cc1. The first-order valence-electron chi connectivity index (χ1n) is 7.35. The molecule has 0 atom stereocenters. The van der Waals surface area contributed by atoms with E-state index in [4.69, 9.17) is 17.0 Å². The van der Waals surface area contributed by atoms with Crippen molar-refractivity contribution in [1.29, 1.82) is 0 Å². The van der Waals surface area contributed by atoms with Gasteiger partial charge in [0.2, 0.25) is 11.8 Å². The highest BCUT2D eigenvalue weighted by Gasteiger charge is 2.02. The molecule has 7 heteroatoms. The number of carbonyl (C=O) groups excluding carboxylic acids is 2. The van der Waals surface area contributed by atoms with Crippen molar-refractivity contribution in [1.82, 2.24) is 16.2 Å². The zero-order chi connectivity index (χ0) is 17.1. The number of nitrogens with one attached hydrogen (secondary N) is 3. The van der Waals surface area contributed by atoms with Gasteiger partial charge < -0.3 is 4.74 Å². The van der Waals surface area contributed by atoms with Gasteiger partial charge in [-0.2, -0.15) is 0 Å². The molecule has 1 rings (SSSR count). The molecule has 0 aromatic heterocycles. The van der Waals surface area contributed by atoms with Gasteiger partial charge in [-0.3, -0.25) is 25.8 Å². The summed E-state index contributed by atoms with van der Waals surface area (Å²) in [6, 6.07) is 7.35. The van der Waals surface area contributed by atoms with Crippen LogP contribution in [0, 0.1) is 0 Å². The summed E-state index contributed by atoms with van der Waals surface area (Å²) in [5.41, 5.74) is 5.73. The van der Waals surface area contributed by atoms with Gasteiger partial charge in [0.15, 0.2) is 5.11 Å². The normalized spacial score (nSPS) is 10.2. The second-order valence-electron chi connectivity index (χ2n) is 4.58. The van der Waals surface area contributed by atoms with Crippen LogP contribution in [0.1, 0.15) is 32.3 Å². The highest BCUT2D eigenvalue weighted by atomic mass is 32.1. The van der Waals surface area contributed by atoms with Gasteiger partial charge >= 0.3 is 0 Å². The van der Waals surface area contributed by atoms with Gasteiger partial charge in [0.05, 0.1) is 6.61 Å². The van der Waals surface area contributed by atoms with E-state index >= 15 is 0 Å². The minimum atomic E-state index is -0.388. The molecule has 0 radical (unpaired) electrons. The van der Waals surface area contributed by atoms with Crippen LogP contribution in [0.5, 0.6) is 5.75 Å². The van der Waals surface area contributed by atoms with Gasteiger partial charge in [-0.15, -0.1) is 0 Å². The average molecular weight is 335 g/mol. The molecule has 1 aromatic rings. The van der Waals surface area contributed by atoms with E-state index in [2.05, 4.69) is 16.2 Å². The molecule has 1 aromatic carbocycles. The Labute approximate surface area is 141 Å². The Kier molecular flexibility index (Phi) is 8.38. The Bertz CT molecular complexity index is 570. The van der Waals surface area contributed by atoms with Crippen LogP contribution in [-0.4, -0.2) is 23.5 Å². The van der Waals surface area contributed by atoms with Gasteiger partial charge in [0.1, 0.15) is 5.75 Å². The van der Waals surface area contributed by atoms with Crippen molar-refractivity contribution in [3.05, 3.63) is 35.9 Å². The number of ether oxygens (including phenoxy) is 1. The molecule has 2 amide bonds. The third-order valence-electron chi connectivity index (χ3n) is 2.65. The molecule has 0 unspecified atom stereocenters. The zero-order valence-electron chi connectivity index (χ0n) is 13.2.